The average Bonchev–Trinajstić information content (AvgIpc) is 2.79. The molecule has 1 saturated heterocycles. The van der Waals surface area contributed by atoms with Crippen LogP contribution in [-0.4, -0.2) is 54.1 Å². The molecule has 0 spiro atoms. The number of nitrogens with zero attached hydrogens (tertiary/aromatic N) is 2. The largest absolute Gasteiger partial charge is 0.386 e. The fraction of sp³-hybridized carbons (Fsp3) is 0.455. The summed E-state index contributed by atoms with van der Waals surface area (Å²) in [5.74, 6) is -1.52. The second-order valence-electron chi connectivity index (χ2n) is 5.36. The molecule has 1 aromatic rings. The summed E-state index contributed by atoms with van der Waals surface area (Å²) in [5.41, 5.74) is 4.08. The molecule has 2 heterocycles. The van der Waals surface area contributed by atoms with E-state index in [1.807, 2.05) is 0 Å². The van der Waals surface area contributed by atoms with Crippen molar-refractivity contribution < 1.29 is 42.6 Å². The molecule has 0 bridgehead atoms. The van der Waals surface area contributed by atoms with Crippen LogP contribution < -0.4 is 11.4 Å². The van der Waals surface area contributed by atoms with Gasteiger partial charge < -0.3 is 34.8 Å². The zero-order valence-corrected chi connectivity index (χ0v) is 14.7. The molecule has 4 atom stereocenters. The predicted molar refractivity (Wildman–Crippen MR) is 84.7 cm³/mol. The molecular formula is C11H16FN3O9P2. The van der Waals surface area contributed by atoms with Crippen LogP contribution in [0, 0.1) is 0 Å². The zero-order chi connectivity index (χ0) is 19.7. The highest BCUT2D eigenvalue weighted by molar-refractivity contribution is 7.70. The first-order valence-corrected chi connectivity index (χ1v) is 10.5. The molecule has 0 saturated carbocycles. The number of halogens is 1. The topological polar surface area (TPSA) is 194 Å². The van der Waals surface area contributed by atoms with Crippen molar-refractivity contribution in [2.45, 2.75) is 18.4 Å². The van der Waals surface area contributed by atoms with Crippen LogP contribution in [0.4, 0.5) is 10.2 Å². The molecule has 1 fully saturated rings. The van der Waals surface area contributed by atoms with Gasteiger partial charge in [0.1, 0.15) is 18.0 Å². The summed E-state index contributed by atoms with van der Waals surface area (Å²) in [6.07, 6.45) is -3.29. The zero-order valence-electron chi connectivity index (χ0n) is 13.0. The van der Waals surface area contributed by atoms with Crippen molar-refractivity contribution in [2.24, 2.45) is 0 Å². The molecule has 0 aromatic carbocycles. The van der Waals surface area contributed by atoms with Gasteiger partial charge in [-0.05, 0) is 6.07 Å². The van der Waals surface area contributed by atoms with E-state index in [0.717, 1.165) is 10.8 Å². The van der Waals surface area contributed by atoms with Gasteiger partial charge in [-0.25, -0.2) is 9.18 Å². The molecule has 146 valence electrons. The number of nitrogens with two attached hydrogens (primary N) is 1. The highest BCUT2D eigenvalue weighted by Crippen LogP contribution is 2.55. The quantitative estimate of drug-likeness (QED) is 0.368. The SMILES string of the molecule is Nc1ccn([C@@H]2O[C@H](COP(=O)(O)CP(=O)(O)O)[C@H](O)/C2=C\F)c(=O)n1. The smallest absolute Gasteiger partial charge is 0.351 e. The van der Waals surface area contributed by atoms with Crippen LogP contribution in [0.25, 0.3) is 0 Å². The Labute approximate surface area is 145 Å². The molecule has 12 nitrogen and oxygen atoms in total. The molecule has 0 aliphatic carbocycles. The molecule has 1 aliphatic heterocycles. The van der Waals surface area contributed by atoms with Crippen molar-refractivity contribution in [2.75, 3.05) is 18.2 Å². The van der Waals surface area contributed by atoms with E-state index in [0.29, 0.717) is 0 Å². The number of rotatable bonds is 6. The highest BCUT2D eigenvalue weighted by Gasteiger charge is 2.42. The second-order valence-corrected chi connectivity index (χ2v) is 9.36. The van der Waals surface area contributed by atoms with Crippen LogP contribution in [0.15, 0.2) is 29.0 Å². The van der Waals surface area contributed by atoms with Gasteiger partial charge in [-0.2, -0.15) is 4.98 Å². The van der Waals surface area contributed by atoms with Crippen molar-refractivity contribution in [3.05, 3.63) is 34.7 Å². The van der Waals surface area contributed by atoms with Crippen molar-refractivity contribution in [1.82, 2.24) is 9.55 Å². The van der Waals surface area contributed by atoms with Crippen LogP contribution >= 0.6 is 15.2 Å². The normalized spacial score (nSPS) is 27.6. The van der Waals surface area contributed by atoms with E-state index in [4.69, 9.17) is 20.3 Å². The molecule has 1 unspecified atom stereocenters. The fourth-order valence-corrected chi connectivity index (χ4v) is 4.79. The lowest BCUT2D eigenvalue weighted by molar-refractivity contribution is -0.0410. The number of aliphatic hydroxyl groups excluding tert-OH is 1. The summed E-state index contributed by atoms with van der Waals surface area (Å²) in [6.45, 7) is -0.792. The maximum atomic E-state index is 13.2. The standard InChI is InChI=1S/C11H16FN3O9P2/c12-3-6-9(16)7(4-23-26(21,22)5-25(18,19)20)24-10(6)15-2-1-8(13)14-11(15)17/h1-3,7,9-10,16H,4-5H2,(H,21,22)(H2,13,14,17)(H2,18,19,20)/b6-3+/t7-,9-,10-/m1/s1. The maximum Gasteiger partial charge on any atom is 0.351 e. The van der Waals surface area contributed by atoms with Crippen molar-refractivity contribution in [3.63, 3.8) is 0 Å². The van der Waals surface area contributed by atoms with Crippen LogP contribution in [-0.2, 0) is 18.4 Å². The monoisotopic (exact) mass is 415 g/mol. The van der Waals surface area contributed by atoms with Gasteiger partial charge in [-0.3, -0.25) is 13.7 Å². The lowest BCUT2D eigenvalue weighted by Crippen LogP contribution is -2.28. The Kier molecular flexibility index (Phi) is 6.16. The Morgan fingerprint density at radius 2 is 2.08 bits per heavy atom. The molecule has 0 amide bonds. The Hall–Kier alpha value is -1.43. The van der Waals surface area contributed by atoms with Gasteiger partial charge in [0.25, 0.3) is 0 Å². The van der Waals surface area contributed by atoms with E-state index in [2.05, 4.69) is 9.51 Å². The molecule has 15 heteroatoms. The molecule has 1 aromatic heterocycles. The van der Waals surface area contributed by atoms with E-state index < -0.39 is 51.8 Å². The number of aromatic nitrogens is 2. The number of anilines is 1. The van der Waals surface area contributed by atoms with Gasteiger partial charge in [0.15, 0.2) is 12.1 Å². The lowest BCUT2D eigenvalue weighted by Gasteiger charge is -2.18. The summed E-state index contributed by atoms with van der Waals surface area (Å²) in [4.78, 5) is 42.1. The summed E-state index contributed by atoms with van der Waals surface area (Å²) in [5, 5.41) is 10.1. The van der Waals surface area contributed by atoms with Crippen LogP contribution in [0.2, 0.25) is 0 Å². The molecule has 2 rings (SSSR count). The van der Waals surface area contributed by atoms with E-state index in [-0.39, 0.29) is 17.7 Å². The Bertz CT molecular complexity index is 854. The van der Waals surface area contributed by atoms with Crippen LogP contribution in [0.5, 0.6) is 0 Å². The number of aliphatic hydroxyl groups is 1. The van der Waals surface area contributed by atoms with Gasteiger partial charge in [-0.15, -0.1) is 0 Å². The van der Waals surface area contributed by atoms with E-state index in [1.165, 1.54) is 6.07 Å². The summed E-state index contributed by atoms with van der Waals surface area (Å²) < 4.78 is 46.2. The van der Waals surface area contributed by atoms with Gasteiger partial charge in [0, 0.05) is 11.8 Å². The van der Waals surface area contributed by atoms with E-state index in [1.54, 1.807) is 0 Å². The molecule has 6 N–H and O–H groups in total. The van der Waals surface area contributed by atoms with Crippen molar-refractivity contribution >= 4 is 21.0 Å². The number of hydrogen-bond acceptors (Lipinski definition) is 8. The minimum Gasteiger partial charge on any atom is -0.386 e. The fourth-order valence-electron chi connectivity index (χ4n) is 2.22. The van der Waals surface area contributed by atoms with Gasteiger partial charge in [-0.1, -0.05) is 0 Å². The molecule has 26 heavy (non-hydrogen) atoms. The number of nitrogen functional groups attached to an aromatic ring is 1. The number of ether oxygens (including phenoxy) is 1. The third-order valence-electron chi connectivity index (χ3n) is 3.32. The van der Waals surface area contributed by atoms with Gasteiger partial charge in [0.05, 0.1) is 12.9 Å². The minimum atomic E-state index is -4.83. The Morgan fingerprint density at radius 1 is 1.42 bits per heavy atom. The van der Waals surface area contributed by atoms with Crippen molar-refractivity contribution in [3.8, 4) is 0 Å². The van der Waals surface area contributed by atoms with E-state index in [9.17, 15) is 28.3 Å². The predicted octanol–water partition coefficient (Wildman–Crippen LogP) is -0.726. The van der Waals surface area contributed by atoms with Crippen molar-refractivity contribution in [1.29, 1.82) is 0 Å². The van der Waals surface area contributed by atoms with Gasteiger partial charge >= 0.3 is 20.9 Å². The van der Waals surface area contributed by atoms with Crippen LogP contribution in [0.1, 0.15) is 6.23 Å². The first-order chi connectivity index (χ1) is 11.9. The second kappa shape index (κ2) is 7.67. The lowest BCUT2D eigenvalue weighted by atomic mass is 10.1. The average molecular weight is 415 g/mol. The van der Waals surface area contributed by atoms with Gasteiger partial charge in [0.2, 0.25) is 0 Å². The maximum absolute atomic E-state index is 13.2. The molecule has 0 radical (unpaired) electrons. The minimum absolute atomic E-state index is 0.00626. The Morgan fingerprint density at radius 3 is 2.62 bits per heavy atom. The molecule has 1 aliphatic rings. The summed E-state index contributed by atoms with van der Waals surface area (Å²) >= 11 is 0. The van der Waals surface area contributed by atoms with Crippen LogP contribution in [0.3, 0.4) is 0 Å². The van der Waals surface area contributed by atoms with E-state index >= 15 is 0 Å². The third kappa shape index (κ3) is 5.06. The highest BCUT2D eigenvalue weighted by atomic mass is 31.2. The summed E-state index contributed by atoms with van der Waals surface area (Å²) in [6, 6.07) is 1.23. The first-order valence-electron chi connectivity index (χ1n) is 6.93. The summed E-state index contributed by atoms with van der Waals surface area (Å²) in [7, 11) is -9.53. The Balaban J connectivity index is 2.16. The molecular weight excluding hydrogens is 399 g/mol. The first kappa shape index (κ1) is 20.9. The number of hydrogen-bond donors (Lipinski definition) is 5. The third-order valence-corrected chi connectivity index (χ3v) is 6.77.